The first kappa shape index (κ1) is 25.1. The number of aryl methyl sites for hydroxylation is 1. The van der Waals surface area contributed by atoms with Gasteiger partial charge in [0.2, 0.25) is 0 Å². The third-order valence-electron chi connectivity index (χ3n) is 5.03. The molecule has 0 aromatic carbocycles. The van der Waals surface area contributed by atoms with E-state index in [2.05, 4.69) is 41.5 Å². The van der Waals surface area contributed by atoms with Gasteiger partial charge in [0.15, 0.2) is 11.8 Å². The number of nitrogens with one attached hydrogen (secondary N) is 2. The van der Waals surface area contributed by atoms with Crippen LogP contribution in [0.3, 0.4) is 0 Å². The monoisotopic (exact) mass is 506 g/mol. The van der Waals surface area contributed by atoms with Gasteiger partial charge in [-0.1, -0.05) is 33.1 Å². The Kier molecular flexibility index (Phi) is 12.7. The Morgan fingerprint density at radius 2 is 2.11 bits per heavy atom. The van der Waals surface area contributed by atoms with E-state index in [4.69, 9.17) is 9.73 Å². The minimum absolute atomic E-state index is 0. The van der Waals surface area contributed by atoms with E-state index in [1.54, 1.807) is 7.11 Å². The Morgan fingerprint density at radius 3 is 2.79 bits per heavy atom. The van der Waals surface area contributed by atoms with Crippen LogP contribution in [0, 0.1) is 5.92 Å². The number of unbranched alkanes of at least 4 members (excludes halogenated alkanes) is 1. The maximum absolute atomic E-state index is 5.15. The lowest BCUT2D eigenvalue weighted by molar-refractivity contribution is 0.177. The summed E-state index contributed by atoms with van der Waals surface area (Å²) in [6, 6.07) is 0.327. The van der Waals surface area contributed by atoms with Gasteiger partial charge in [-0.05, 0) is 32.1 Å². The predicted octanol–water partition coefficient (Wildman–Crippen LogP) is 3.52. The first-order valence-electron chi connectivity index (χ1n) is 10.7. The van der Waals surface area contributed by atoms with Gasteiger partial charge in [0.25, 0.3) is 0 Å². The number of methoxy groups -OCH3 is 1. The highest BCUT2D eigenvalue weighted by molar-refractivity contribution is 14.0. The van der Waals surface area contributed by atoms with Gasteiger partial charge in [-0.15, -0.1) is 24.0 Å². The summed E-state index contributed by atoms with van der Waals surface area (Å²) < 4.78 is 7.16. The van der Waals surface area contributed by atoms with Gasteiger partial charge in [-0.25, -0.2) is 9.67 Å². The van der Waals surface area contributed by atoms with Crippen molar-refractivity contribution in [1.29, 1.82) is 0 Å². The third kappa shape index (κ3) is 8.23. The summed E-state index contributed by atoms with van der Waals surface area (Å²) in [6.07, 6.45) is 8.31. The number of ether oxygens (including phenoxy) is 1. The summed E-state index contributed by atoms with van der Waals surface area (Å²) in [4.78, 5) is 9.45. The van der Waals surface area contributed by atoms with Crippen LogP contribution in [0.5, 0.6) is 0 Å². The maximum atomic E-state index is 5.15. The first-order chi connectivity index (χ1) is 13.2. The summed E-state index contributed by atoms with van der Waals surface area (Å²) in [6.45, 7) is 9.72. The first-order valence-corrected chi connectivity index (χ1v) is 10.7. The van der Waals surface area contributed by atoms with Crippen LogP contribution in [0.25, 0.3) is 0 Å². The molecular weight excluding hydrogens is 467 g/mol. The molecule has 0 bridgehead atoms. The standard InChI is InChI=1S/C20H38N6O.HI/c1-5-8-10-16(9-6-2)13-22-20(21-7-3)23-17-11-12-19-24-18(15-27-4)25-26(19)14-17;/h16-17H,5-15H2,1-4H3,(H2,21,22,23);1H. The van der Waals surface area contributed by atoms with Crippen molar-refractivity contribution < 1.29 is 4.74 Å². The molecule has 2 atom stereocenters. The number of aliphatic imine (C=N–C) groups is 1. The van der Waals surface area contributed by atoms with Crippen LogP contribution in [-0.4, -0.2) is 47.0 Å². The molecule has 2 N–H and O–H groups in total. The summed E-state index contributed by atoms with van der Waals surface area (Å²) in [5.41, 5.74) is 0. The van der Waals surface area contributed by atoms with Gasteiger partial charge in [0.1, 0.15) is 12.4 Å². The Hall–Kier alpha value is -0.900. The summed E-state index contributed by atoms with van der Waals surface area (Å²) >= 11 is 0. The van der Waals surface area contributed by atoms with Crippen molar-refractivity contribution in [2.45, 2.75) is 84.9 Å². The van der Waals surface area contributed by atoms with E-state index in [1.165, 1.54) is 32.1 Å². The second-order valence-electron chi connectivity index (χ2n) is 7.46. The number of halogens is 1. The van der Waals surface area contributed by atoms with Crippen LogP contribution in [0.15, 0.2) is 4.99 Å². The highest BCUT2D eigenvalue weighted by Gasteiger charge is 2.22. The highest BCUT2D eigenvalue weighted by Crippen LogP contribution is 2.16. The SMILES string of the molecule is CCCCC(CCC)CN=C(NCC)NC1CCc2nc(COC)nn2C1.I. The fourth-order valence-electron chi connectivity index (χ4n) is 3.63. The predicted molar refractivity (Wildman–Crippen MR) is 125 cm³/mol. The molecule has 1 aliphatic rings. The number of guanidine groups is 1. The molecule has 1 aromatic heterocycles. The Balaban J connectivity index is 0.00000392. The van der Waals surface area contributed by atoms with Crippen molar-refractivity contribution in [2.75, 3.05) is 20.2 Å². The van der Waals surface area contributed by atoms with Gasteiger partial charge in [0.05, 0.1) is 6.54 Å². The molecule has 2 heterocycles. The van der Waals surface area contributed by atoms with Crippen molar-refractivity contribution in [3.63, 3.8) is 0 Å². The average Bonchev–Trinajstić information content (AvgIpc) is 3.06. The summed E-state index contributed by atoms with van der Waals surface area (Å²) in [5.74, 6) is 3.45. The number of hydrogen-bond acceptors (Lipinski definition) is 4. The number of aromatic nitrogens is 3. The van der Waals surface area contributed by atoms with Crippen molar-refractivity contribution >= 4 is 29.9 Å². The van der Waals surface area contributed by atoms with Crippen molar-refractivity contribution in [3.05, 3.63) is 11.6 Å². The molecule has 0 amide bonds. The molecule has 7 nitrogen and oxygen atoms in total. The van der Waals surface area contributed by atoms with Gasteiger partial charge in [-0.3, -0.25) is 4.99 Å². The van der Waals surface area contributed by atoms with E-state index >= 15 is 0 Å². The molecule has 162 valence electrons. The van der Waals surface area contributed by atoms with Gasteiger partial charge in [0, 0.05) is 32.7 Å². The Bertz CT molecular complexity index is 577. The van der Waals surface area contributed by atoms with Crippen LogP contribution < -0.4 is 10.6 Å². The van der Waals surface area contributed by atoms with Crippen LogP contribution in [0.1, 0.15) is 70.9 Å². The Morgan fingerprint density at radius 1 is 1.29 bits per heavy atom. The topological polar surface area (TPSA) is 76.4 Å². The van der Waals surface area contributed by atoms with Crippen LogP contribution in [0.4, 0.5) is 0 Å². The number of hydrogen-bond donors (Lipinski definition) is 2. The van der Waals surface area contributed by atoms with Crippen LogP contribution >= 0.6 is 24.0 Å². The zero-order valence-electron chi connectivity index (χ0n) is 18.0. The average molecular weight is 506 g/mol. The molecule has 2 rings (SSSR count). The molecule has 2 unspecified atom stereocenters. The lowest BCUT2D eigenvalue weighted by Crippen LogP contribution is -2.47. The van der Waals surface area contributed by atoms with Gasteiger partial charge >= 0.3 is 0 Å². The zero-order chi connectivity index (χ0) is 19.5. The normalized spacial score (nSPS) is 17.6. The van der Waals surface area contributed by atoms with Crippen LogP contribution in [-0.2, 0) is 24.3 Å². The molecule has 1 aliphatic heterocycles. The molecule has 28 heavy (non-hydrogen) atoms. The lowest BCUT2D eigenvalue weighted by atomic mass is 9.97. The van der Waals surface area contributed by atoms with Crippen molar-refractivity contribution in [3.8, 4) is 0 Å². The molecule has 0 radical (unpaired) electrons. The van der Waals surface area contributed by atoms with E-state index in [1.807, 2.05) is 4.68 Å². The van der Waals surface area contributed by atoms with E-state index < -0.39 is 0 Å². The van der Waals surface area contributed by atoms with E-state index in [0.29, 0.717) is 18.6 Å². The molecule has 1 aromatic rings. The smallest absolute Gasteiger partial charge is 0.191 e. The maximum Gasteiger partial charge on any atom is 0.191 e. The van der Waals surface area contributed by atoms with Crippen molar-refractivity contribution in [2.24, 2.45) is 10.9 Å². The number of rotatable bonds is 11. The minimum atomic E-state index is 0. The third-order valence-corrected chi connectivity index (χ3v) is 5.03. The van der Waals surface area contributed by atoms with E-state index in [-0.39, 0.29) is 24.0 Å². The number of fused-ring (bicyclic) bond motifs is 1. The largest absolute Gasteiger partial charge is 0.377 e. The molecule has 0 saturated heterocycles. The molecule has 0 aliphatic carbocycles. The van der Waals surface area contributed by atoms with Crippen molar-refractivity contribution in [1.82, 2.24) is 25.4 Å². The van der Waals surface area contributed by atoms with E-state index in [9.17, 15) is 0 Å². The molecule has 8 heteroatoms. The molecule has 0 spiro atoms. The van der Waals surface area contributed by atoms with Gasteiger partial charge in [-0.2, -0.15) is 5.10 Å². The Labute approximate surface area is 187 Å². The molecular formula is C20H39IN6O. The second-order valence-corrected chi connectivity index (χ2v) is 7.46. The summed E-state index contributed by atoms with van der Waals surface area (Å²) in [5, 5.41) is 11.6. The second kappa shape index (κ2) is 14.1. The number of nitrogens with zero attached hydrogens (tertiary/aromatic N) is 4. The van der Waals surface area contributed by atoms with Gasteiger partial charge < -0.3 is 15.4 Å². The van der Waals surface area contributed by atoms with E-state index in [0.717, 1.165) is 50.1 Å². The fourth-order valence-corrected chi connectivity index (χ4v) is 3.63. The molecule has 0 fully saturated rings. The van der Waals surface area contributed by atoms with Crippen LogP contribution in [0.2, 0.25) is 0 Å². The molecule has 0 saturated carbocycles. The quantitative estimate of drug-likeness (QED) is 0.273. The fraction of sp³-hybridized carbons (Fsp3) is 0.850. The summed E-state index contributed by atoms with van der Waals surface area (Å²) in [7, 11) is 1.68. The zero-order valence-corrected chi connectivity index (χ0v) is 20.4. The highest BCUT2D eigenvalue weighted by atomic mass is 127. The lowest BCUT2D eigenvalue weighted by Gasteiger charge is -2.25. The minimum Gasteiger partial charge on any atom is -0.377 e.